The highest BCUT2D eigenvalue weighted by atomic mass is 16.3. The molecule has 0 unspecified atom stereocenters. The van der Waals surface area contributed by atoms with Gasteiger partial charge in [-0.1, -0.05) is 19.1 Å². The minimum Gasteiger partial charge on any atom is -0.393 e. The van der Waals surface area contributed by atoms with Crippen molar-refractivity contribution >= 4 is 0 Å². The Morgan fingerprint density at radius 1 is 1.18 bits per heavy atom. The summed E-state index contributed by atoms with van der Waals surface area (Å²) in [5.74, 6) is -0.0956. The molecule has 0 spiro atoms. The van der Waals surface area contributed by atoms with Crippen molar-refractivity contribution in [3.8, 4) is 0 Å². The van der Waals surface area contributed by atoms with Crippen LogP contribution in [0.3, 0.4) is 0 Å². The molecule has 2 saturated carbocycles. The van der Waals surface area contributed by atoms with E-state index in [9.17, 15) is 15.3 Å². The fraction of sp³-hybridized carbons (Fsp3) is 0.857. The Balaban J connectivity index is 2.38. The Morgan fingerprint density at radius 3 is 2.41 bits per heavy atom. The lowest BCUT2D eigenvalue weighted by Crippen LogP contribution is -2.64. The molecule has 17 heavy (non-hydrogen) atoms. The second kappa shape index (κ2) is 4.38. The number of fused-ring (bicyclic) bond motifs is 1. The first kappa shape index (κ1) is 13.1. The minimum absolute atomic E-state index is 0.0352. The normalized spacial score (nSPS) is 50.8. The molecule has 3 nitrogen and oxygen atoms in total. The first-order valence-corrected chi connectivity index (χ1v) is 6.63. The molecule has 0 aromatic rings. The van der Waals surface area contributed by atoms with Gasteiger partial charge in [0.15, 0.2) is 0 Å². The van der Waals surface area contributed by atoms with Gasteiger partial charge in [0.25, 0.3) is 0 Å². The van der Waals surface area contributed by atoms with Crippen molar-refractivity contribution < 1.29 is 15.3 Å². The SMILES string of the molecule is C=C(C)[C@H]1CC[C@H](C)[C@]2(O)[C@@H]1[C@@H](O)CC[C@H]2O. The van der Waals surface area contributed by atoms with Gasteiger partial charge < -0.3 is 15.3 Å². The molecule has 0 amide bonds. The van der Waals surface area contributed by atoms with E-state index in [0.29, 0.717) is 12.8 Å². The van der Waals surface area contributed by atoms with E-state index in [2.05, 4.69) is 6.58 Å². The predicted molar refractivity (Wildman–Crippen MR) is 66.4 cm³/mol. The van der Waals surface area contributed by atoms with E-state index in [1.54, 1.807) is 0 Å². The second-order valence-electron chi connectivity index (χ2n) is 6.00. The van der Waals surface area contributed by atoms with E-state index in [4.69, 9.17) is 0 Å². The Morgan fingerprint density at radius 2 is 1.82 bits per heavy atom. The van der Waals surface area contributed by atoms with E-state index >= 15 is 0 Å². The third-order valence-electron chi connectivity index (χ3n) is 4.98. The molecule has 0 aromatic heterocycles. The van der Waals surface area contributed by atoms with Gasteiger partial charge in [0.2, 0.25) is 0 Å². The molecule has 0 heterocycles. The third kappa shape index (κ3) is 1.85. The van der Waals surface area contributed by atoms with Gasteiger partial charge in [-0.15, -0.1) is 0 Å². The van der Waals surface area contributed by atoms with Crippen LogP contribution in [0.5, 0.6) is 0 Å². The third-order valence-corrected chi connectivity index (χ3v) is 4.98. The molecule has 0 radical (unpaired) electrons. The van der Waals surface area contributed by atoms with Crippen LogP contribution in [0, 0.1) is 17.8 Å². The Labute approximate surface area is 103 Å². The molecule has 2 fully saturated rings. The largest absolute Gasteiger partial charge is 0.393 e. The summed E-state index contributed by atoms with van der Waals surface area (Å²) < 4.78 is 0. The predicted octanol–water partition coefficient (Wildman–Crippen LogP) is 1.47. The maximum atomic E-state index is 10.9. The Hall–Kier alpha value is -0.380. The van der Waals surface area contributed by atoms with Gasteiger partial charge >= 0.3 is 0 Å². The summed E-state index contributed by atoms with van der Waals surface area (Å²) in [7, 11) is 0. The molecule has 3 N–H and O–H groups in total. The summed E-state index contributed by atoms with van der Waals surface area (Å²) in [6.45, 7) is 7.91. The van der Waals surface area contributed by atoms with E-state index in [1.807, 2.05) is 13.8 Å². The fourth-order valence-electron chi connectivity index (χ4n) is 3.91. The highest BCUT2D eigenvalue weighted by Gasteiger charge is 2.57. The van der Waals surface area contributed by atoms with Crippen LogP contribution in [-0.4, -0.2) is 33.1 Å². The molecule has 0 aliphatic heterocycles. The Kier molecular flexibility index (Phi) is 3.36. The summed E-state index contributed by atoms with van der Waals surface area (Å²) in [6, 6.07) is 0. The van der Waals surface area contributed by atoms with E-state index in [1.165, 1.54) is 0 Å². The van der Waals surface area contributed by atoms with E-state index < -0.39 is 17.8 Å². The maximum Gasteiger partial charge on any atom is 0.0988 e. The molecule has 0 saturated heterocycles. The number of aliphatic hydroxyl groups excluding tert-OH is 2. The summed E-state index contributed by atoms with van der Waals surface area (Å²) in [5.41, 5.74) is -0.132. The molecule has 2 aliphatic carbocycles. The van der Waals surface area contributed by atoms with Crippen LogP contribution in [0.15, 0.2) is 12.2 Å². The van der Waals surface area contributed by atoms with Gasteiger partial charge in [-0.2, -0.15) is 0 Å². The molecular formula is C14H24O3. The monoisotopic (exact) mass is 240 g/mol. The Bertz CT molecular complexity index is 309. The van der Waals surface area contributed by atoms with Crippen molar-refractivity contribution in [1.82, 2.24) is 0 Å². The van der Waals surface area contributed by atoms with E-state index in [0.717, 1.165) is 18.4 Å². The standard InChI is InChI=1S/C14H24O3/c1-8(2)10-5-4-9(3)14(17)12(16)7-6-11(15)13(10)14/h9-13,15-17H,1,4-7H2,2-3H3/t9-,10+,11-,12+,13-,14+/m0/s1. The van der Waals surface area contributed by atoms with Crippen LogP contribution in [0.25, 0.3) is 0 Å². The second-order valence-corrected chi connectivity index (χ2v) is 6.00. The van der Waals surface area contributed by atoms with Crippen LogP contribution >= 0.6 is 0 Å². The molecule has 0 bridgehead atoms. The zero-order chi connectivity index (χ0) is 12.8. The molecule has 3 heteroatoms. The van der Waals surface area contributed by atoms with Gasteiger partial charge in [0.05, 0.1) is 17.8 Å². The zero-order valence-electron chi connectivity index (χ0n) is 10.8. The molecule has 0 aromatic carbocycles. The van der Waals surface area contributed by atoms with Crippen molar-refractivity contribution in [2.45, 2.75) is 57.3 Å². The van der Waals surface area contributed by atoms with Crippen LogP contribution in [-0.2, 0) is 0 Å². The molecule has 98 valence electrons. The lowest BCUT2D eigenvalue weighted by atomic mass is 9.55. The number of allylic oxidation sites excluding steroid dienone is 1. The number of hydrogen-bond donors (Lipinski definition) is 3. The summed E-state index contributed by atoms with van der Waals surface area (Å²) in [5, 5.41) is 31.2. The lowest BCUT2D eigenvalue weighted by molar-refractivity contribution is -0.222. The maximum absolute atomic E-state index is 10.9. The summed E-state index contributed by atoms with van der Waals surface area (Å²) in [4.78, 5) is 0. The fourth-order valence-corrected chi connectivity index (χ4v) is 3.91. The number of hydrogen-bond acceptors (Lipinski definition) is 3. The molecule has 2 aliphatic rings. The van der Waals surface area contributed by atoms with Gasteiger partial charge in [0.1, 0.15) is 0 Å². The van der Waals surface area contributed by atoms with Gasteiger partial charge in [-0.25, -0.2) is 0 Å². The van der Waals surface area contributed by atoms with Crippen molar-refractivity contribution in [1.29, 1.82) is 0 Å². The van der Waals surface area contributed by atoms with Crippen molar-refractivity contribution in [3.05, 3.63) is 12.2 Å². The zero-order valence-corrected chi connectivity index (χ0v) is 10.8. The molecule has 2 rings (SSSR count). The van der Waals surface area contributed by atoms with E-state index in [-0.39, 0.29) is 17.8 Å². The van der Waals surface area contributed by atoms with Gasteiger partial charge in [0, 0.05) is 5.92 Å². The average molecular weight is 240 g/mol. The first-order chi connectivity index (χ1) is 7.89. The van der Waals surface area contributed by atoms with Crippen LogP contribution in [0.1, 0.15) is 39.5 Å². The summed E-state index contributed by atoms with van der Waals surface area (Å²) >= 11 is 0. The highest BCUT2D eigenvalue weighted by Crippen LogP contribution is 2.51. The van der Waals surface area contributed by atoms with Gasteiger partial charge in [-0.05, 0) is 44.4 Å². The highest BCUT2D eigenvalue weighted by molar-refractivity contribution is 5.14. The quantitative estimate of drug-likeness (QED) is 0.608. The minimum atomic E-state index is -1.14. The topological polar surface area (TPSA) is 60.7 Å². The number of aliphatic hydroxyl groups is 3. The summed E-state index contributed by atoms with van der Waals surface area (Å²) in [6.07, 6.45) is 1.66. The van der Waals surface area contributed by atoms with Crippen LogP contribution in [0.2, 0.25) is 0 Å². The molecule has 6 atom stereocenters. The average Bonchev–Trinajstić information content (AvgIpc) is 2.26. The van der Waals surface area contributed by atoms with Crippen LogP contribution in [0.4, 0.5) is 0 Å². The van der Waals surface area contributed by atoms with Crippen molar-refractivity contribution in [3.63, 3.8) is 0 Å². The smallest absolute Gasteiger partial charge is 0.0988 e. The number of rotatable bonds is 1. The van der Waals surface area contributed by atoms with Crippen molar-refractivity contribution in [2.75, 3.05) is 0 Å². The molecular weight excluding hydrogens is 216 g/mol. The van der Waals surface area contributed by atoms with Crippen molar-refractivity contribution in [2.24, 2.45) is 17.8 Å². The first-order valence-electron chi connectivity index (χ1n) is 6.63. The van der Waals surface area contributed by atoms with Gasteiger partial charge in [-0.3, -0.25) is 0 Å². The lowest BCUT2D eigenvalue weighted by Gasteiger charge is -2.55. The van der Waals surface area contributed by atoms with Crippen LogP contribution < -0.4 is 0 Å².